The van der Waals surface area contributed by atoms with Crippen LogP contribution < -0.4 is 5.43 Å². The van der Waals surface area contributed by atoms with Gasteiger partial charge in [0.25, 0.3) is 11.8 Å². The molecule has 2 amide bonds. The van der Waals surface area contributed by atoms with Gasteiger partial charge in [-0.2, -0.15) is 0 Å². The van der Waals surface area contributed by atoms with E-state index in [2.05, 4.69) is 10.4 Å². The average Bonchev–Trinajstić information content (AvgIpc) is 2.53. The molecule has 0 atom stereocenters. The second-order valence-corrected chi connectivity index (χ2v) is 7.41. The summed E-state index contributed by atoms with van der Waals surface area (Å²) in [5, 5.41) is 1.54. The topological polar surface area (TPSA) is 62.3 Å². The lowest BCUT2D eigenvalue weighted by molar-refractivity contribution is 0.0358. The van der Waals surface area contributed by atoms with E-state index in [-0.39, 0.29) is 15.7 Å². The zero-order valence-corrected chi connectivity index (χ0v) is 15.9. The van der Waals surface area contributed by atoms with Crippen molar-refractivity contribution in [1.82, 2.24) is 15.4 Å². The van der Waals surface area contributed by atoms with Crippen LogP contribution in [-0.2, 0) is 0 Å². The fourth-order valence-corrected chi connectivity index (χ4v) is 2.51. The molecule has 0 aliphatic heterocycles. The quantitative estimate of drug-likeness (QED) is 0.625. The van der Waals surface area contributed by atoms with Crippen LogP contribution >= 0.6 is 23.2 Å². The van der Waals surface area contributed by atoms with Gasteiger partial charge in [-0.15, -0.1) is 0 Å². The van der Waals surface area contributed by atoms with E-state index in [0.29, 0.717) is 5.56 Å². The molecule has 0 aliphatic rings. The van der Waals surface area contributed by atoms with Gasteiger partial charge in [-0.3, -0.25) is 15.0 Å². The Morgan fingerprint density at radius 3 is 2.44 bits per heavy atom. The average molecular weight is 380 g/mol. The first-order chi connectivity index (χ1) is 11.6. The van der Waals surface area contributed by atoms with E-state index < -0.39 is 17.4 Å². The molecular weight excluding hydrogens is 361 g/mol. The maximum absolute atomic E-state index is 12.9. The zero-order chi connectivity index (χ0) is 18.8. The van der Waals surface area contributed by atoms with Crippen LogP contribution in [0.15, 0.2) is 36.5 Å². The number of hydrogen-bond acceptors (Lipinski definition) is 3. The maximum Gasteiger partial charge on any atom is 0.275 e. The Hall–Kier alpha value is -2.11. The van der Waals surface area contributed by atoms with E-state index in [1.807, 2.05) is 13.0 Å². The van der Waals surface area contributed by atoms with Crippen LogP contribution in [0.3, 0.4) is 0 Å². The number of aromatic nitrogens is 1. The van der Waals surface area contributed by atoms with Gasteiger partial charge in [0.05, 0.1) is 16.1 Å². The molecule has 7 heteroatoms. The minimum Gasteiger partial charge on any atom is -0.267 e. The number of nitrogens with zero attached hydrogens (tertiary/aromatic N) is 2. The van der Waals surface area contributed by atoms with Crippen LogP contribution in [0.5, 0.6) is 0 Å². The summed E-state index contributed by atoms with van der Waals surface area (Å²) in [6.07, 6.45) is 1.35. The molecule has 0 bridgehead atoms. The minimum absolute atomic E-state index is 0.0217. The molecular formula is C18H19Cl2N3O2. The highest BCUT2D eigenvalue weighted by atomic mass is 35.5. The molecule has 2 aromatic rings. The SMILES string of the molecule is Cc1cccc(C(=O)NN(C(=O)c2cc(Cl)cnc2Cl)C(C)(C)C)c1. The van der Waals surface area contributed by atoms with Gasteiger partial charge in [-0.25, -0.2) is 9.99 Å². The summed E-state index contributed by atoms with van der Waals surface area (Å²) in [5.41, 5.74) is 3.49. The van der Waals surface area contributed by atoms with Crippen molar-refractivity contribution >= 4 is 35.0 Å². The zero-order valence-electron chi connectivity index (χ0n) is 14.4. The molecule has 25 heavy (non-hydrogen) atoms. The summed E-state index contributed by atoms with van der Waals surface area (Å²) in [6.45, 7) is 7.29. The van der Waals surface area contributed by atoms with E-state index in [0.717, 1.165) is 5.56 Å². The molecule has 0 aliphatic carbocycles. The lowest BCUT2D eigenvalue weighted by Gasteiger charge is -2.35. The molecule has 0 saturated carbocycles. The number of carbonyl (C=O) groups is 2. The molecule has 5 nitrogen and oxygen atoms in total. The standard InChI is InChI=1S/C18H19Cl2N3O2/c1-11-6-5-7-12(8-11)16(24)22-23(18(2,3)4)17(25)14-9-13(19)10-21-15(14)20/h5-10H,1-4H3,(H,22,24). The van der Waals surface area contributed by atoms with E-state index >= 15 is 0 Å². The smallest absolute Gasteiger partial charge is 0.267 e. The Bertz CT molecular complexity index is 816. The predicted molar refractivity (Wildman–Crippen MR) is 98.8 cm³/mol. The van der Waals surface area contributed by atoms with Crippen molar-refractivity contribution in [2.45, 2.75) is 33.2 Å². The summed E-state index contributed by atoms with van der Waals surface area (Å²) in [5.74, 6) is -0.883. The number of aryl methyl sites for hydroxylation is 1. The van der Waals surface area contributed by atoms with Crippen LogP contribution in [0.4, 0.5) is 0 Å². The first-order valence-electron chi connectivity index (χ1n) is 7.63. The van der Waals surface area contributed by atoms with Crippen molar-refractivity contribution in [3.63, 3.8) is 0 Å². The molecule has 0 fully saturated rings. The number of benzene rings is 1. The monoisotopic (exact) mass is 379 g/mol. The number of hydrazine groups is 1. The summed E-state index contributed by atoms with van der Waals surface area (Å²) in [6, 6.07) is 8.53. The third-order valence-electron chi connectivity index (χ3n) is 3.40. The fourth-order valence-electron chi connectivity index (χ4n) is 2.17. The van der Waals surface area contributed by atoms with E-state index in [1.165, 1.54) is 17.3 Å². The lowest BCUT2D eigenvalue weighted by atomic mass is 10.1. The summed E-state index contributed by atoms with van der Waals surface area (Å²) in [7, 11) is 0. The Morgan fingerprint density at radius 1 is 1.16 bits per heavy atom. The Labute approximate surface area is 156 Å². The van der Waals surface area contributed by atoms with Gasteiger partial charge in [0.2, 0.25) is 0 Å². The molecule has 1 N–H and O–H groups in total. The van der Waals surface area contributed by atoms with Crippen molar-refractivity contribution in [3.05, 3.63) is 63.4 Å². The summed E-state index contributed by atoms with van der Waals surface area (Å²) >= 11 is 11.9. The van der Waals surface area contributed by atoms with Crippen molar-refractivity contribution in [3.8, 4) is 0 Å². The van der Waals surface area contributed by atoms with E-state index in [1.54, 1.807) is 39.0 Å². The number of hydrogen-bond donors (Lipinski definition) is 1. The minimum atomic E-state index is -0.692. The van der Waals surface area contributed by atoms with Crippen LogP contribution in [0.1, 0.15) is 47.1 Å². The highest BCUT2D eigenvalue weighted by molar-refractivity contribution is 6.34. The molecule has 0 unspecified atom stereocenters. The predicted octanol–water partition coefficient (Wildman–Crippen LogP) is 4.28. The molecule has 1 aromatic carbocycles. The van der Waals surface area contributed by atoms with Gasteiger partial charge in [-0.1, -0.05) is 40.9 Å². The summed E-state index contributed by atoms with van der Waals surface area (Å²) in [4.78, 5) is 29.4. The van der Waals surface area contributed by atoms with Crippen molar-refractivity contribution in [1.29, 1.82) is 0 Å². The molecule has 1 heterocycles. The Balaban J connectivity index is 2.35. The number of carbonyl (C=O) groups excluding carboxylic acids is 2. The fraction of sp³-hybridized carbons (Fsp3) is 0.278. The number of halogens is 2. The van der Waals surface area contributed by atoms with E-state index in [9.17, 15) is 9.59 Å². The summed E-state index contributed by atoms with van der Waals surface area (Å²) < 4.78 is 0. The first kappa shape index (κ1) is 19.2. The van der Waals surface area contributed by atoms with Crippen LogP contribution in [0.25, 0.3) is 0 Å². The van der Waals surface area contributed by atoms with Crippen LogP contribution in [-0.4, -0.2) is 27.3 Å². The second kappa shape index (κ2) is 7.42. The molecule has 1 aromatic heterocycles. The van der Waals surface area contributed by atoms with Gasteiger partial charge in [-0.05, 0) is 45.9 Å². The van der Waals surface area contributed by atoms with Gasteiger partial charge >= 0.3 is 0 Å². The third kappa shape index (κ3) is 4.71. The van der Waals surface area contributed by atoms with Crippen LogP contribution in [0, 0.1) is 6.92 Å². The highest BCUT2D eigenvalue weighted by Crippen LogP contribution is 2.22. The number of pyridine rings is 1. The Kier molecular flexibility index (Phi) is 5.70. The van der Waals surface area contributed by atoms with Gasteiger partial charge in [0.1, 0.15) is 5.15 Å². The van der Waals surface area contributed by atoms with Crippen molar-refractivity contribution in [2.75, 3.05) is 0 Å². The lowest BCUT2D eigenvalue weighted by Crippen LogP contribution is -2.56. The number of amides is 2. The number of nitrogens with one attached hydrogen (secondary N) is 1. The molecule has 132 valence electrons. The van der Waals surface area contributed by atoms with Crippen LogP contribution in [0.2, 0.25) is 10.2 Å². The third-order valence-corrected chi connectivity index (χ3v) is 3.91. The second-order valence-electron chi connectivity index (χ2n) is 6.61. The van der Waals surface area contributed by atoms with Crippen molar-refractivity contribution in [2.24, 2.45) is 0 Å². The van der Waals surface area contributed by atoms with Gasteiger partial charge < -0.3 is 0 Å². The van der Waals surface area contributed by atoms with Gasteiger partial charge in [0, 0.05) is 11.8 Å². The molecule has 2 rings (SSSR count). The molecule has 0 saturated heterocycles. The maximum atomic E-state index is 12.9. The number of rotatable bonds is 2. The molecule has 0 spiro atoms. The first-order valence-corrected chi connectivity index (χ1v) is 8.38. The normalized spacial score (nSPS) is 11.1. The largest absolute Gasteiger partial charge is 0.275 e. The van der Waals surface area contributed by atoms with E-state index in [4.69, 9.17) is 23.2 Å². The van der Waals surface area contributed by atoms with Gasteiger partial charge in [0.15, 0.2) is 0 Å². The molecule has 0 radical (unpaired) electrons. The highest BCUT2D eigenvalue weighted by Gasteiger charge is 2.31. The Morgan fingerprint density at radius 2 is 1.84 bits per heavy atom. The van der Waals surface area contributed by atoms with Crippen molar-refractivity contribution < 1.29 is 9.59 Å².